The summed E-state index contributed by atoms with van der Waals surface area (Å²) >= 11 is 0. The fourth-order valence-electron chi connectivity index (χ4n) is 3.54. The van der Waals surface area contributed by atoms with Gasteiger partial charge >= 0.3 is 0 Å². The van der Waals surface area contributed by atoms with Crippen LogP contribution in [0.2, 0.25) is 0 Å². The fourth-order valence-corrected chi connectivity index (χ4v) is 3.54. The summed E-state index contributed by atoms with van der Waals surface area (Å²) in [6.07, 6.45) is 2.37. The largest absolute Gasteiger partial charge is 0.493 e. The molecule has 0 bridgehead atoms. The van der Waals surface area contributed by atoms with E-state index in [2.05, 4.69) is 16.4 Å². The zero-order valence-corrected chi connectivity index (χ0v) is 20.4. The molecule has 1 saturated heterocycles. The molecule has 0 unspecified atom stereocenters. The Kier molecular flexibility index (Phi) is 9.90. The van der Waals surface area contributed by atoms with Gasteiger partial charge in [0.1, 0.15) is 0 Å². The number of guanidine groups is 1. The van der Waals surface area contributed by atoms with Crippen LogP contribution in [0.25, 0.3) is 0 Å². The number of hydrogen-bond acceptors (Lipinski definition) is 4. The Labute approximate surface area is 201 Å². The topological polar surface area (TPSA) is 89.2 Å². The lowest BCUT2D eigenvalue weighted by atomic mass is 10.1. The first-order chi connectivity index (χ1) is 14.6. The van der Waals surface area contributed by atoms with Crippen LogP contribution in [-0.2, 0) is 24.3 Å². The van der Waals surface area contributed by atoms with Crippen LogP contribution in [0, 0.1) is 0 Å². The second-order valence-electron chi connectivity index (χ2n) is 7.26. The molecule has 1 aliphatic heterocycles. The van der Waals surface area contributed by atoms with Crippen molar-refractivity contribution in [2.75, 3.05) is 27.3 Å². The van der Waals surface area contributed by atoms with Gasteiger partial charge in [-0.2, -0.15) is 0 Å². The SMILES string of the molecule is COc1ccc(CCNC(N)=NCc2ccccc2CN2CCCC2=O)cc1OC.I. The number of hydrogen-bond donors (Lipinski definition) is 2. The predicted molar refractivity (Wildman–Crippen MR) is 133 cm³/mol. The Morgan fingerprint density at radius 2 is 1.87 bits per heavy atom. The highest BCUT2D eigenvalue weighted by molar-refractivity contribution is 14.0. The molecule has 1 heterocycles. The molecule has 31 heavy (non-hydrogen) atoms. The molecule has 168 valence electrons. The zero-order chi connectivity index (χ0) is 21.3. The van der Waals surface area contributed by atoms with E-state index in [9.17, 15) is 4.79 Å². The van der Waals surface area contributed by atoms with Gasteiger partial charge in [-0.05, 0) is 41.7 Å². The third-order valence-corrected chi connectivity index (χ3v) is 5.24. The molecule has 0 radical (unpaired) electrons. The monoisotopic (exact) mass is 538 g/mol. The smallest absolute Gasteiger partial charge is 0.222 e. The van der Waals surface area contributed by atoms with Crippen LogP contribution in [0.1, 0.15) is 29.5 Å². The van der Waals surface area contributed by atoms with E-state index >= 15 is 0 Å². The van der Waals surface area contributed by atoms with Crippen molar-refractivity contribution in [2.45, 2.75) is 32.4 Å². The van der Waals surface area contributed by atoms with Crippen LogP contribution in [0.3, 0.4) is 0 Å². The standard InChI is InChI=1S/C23H30N4O3.HI/c1-29-20-10-9-17(14-21(20)30-2)11-12-25-23(24)26-15-18-6-3-4-7-19(18)16-27-13-5-8-22(27)28;/h3-4,6-7,9-10,14H,5,8,11-13,15-16H2,1-2H3,(H3,24,25,26);1H. The summed E-state index contributed by atoms with van der Waals surface area (Å²) in [7, 11) is 3.25. The first kappa shape index (κ1) is 24.8. The number of amides is 1. The summed E-state index contributed by atoms with van der Waals surface area (Å²) in [4.78, 5) is 18.3. The highest BCUT2D eigenvalue weighted by atomic mass is 127. The Hall–Kier alpha value is -2.49. The minimum absolute atomic E-state index is 0. The maximum atomic E-state index is 11.9. The van der Waals surface area contributed by atoms with Crippen LogP contribution in [0.15, 0.2) is 47.5 Å². The molecule has 0 aliphatic carbocycles. The van der Waals surface area contributed by atoms with E-state index in [1.807, 2.05) is 41.3 Å². The number of ether oxygens (including phenoxy) is 2. The van der Waals surface area contributed by atoms with Crippen LogP contribution >= 0.6 is 24.0 Å². The van der Waals surface area contributed by atoms with Crippen molar-refractivity contribution in [3.05, 3.63) is 59.2 Å². The second-order valence-corrected chi connectivity index (χ2v) is 7.26. The van der Waals surface area contributed by atoms with Gasteiger partial charge in [0.25, 0.3) is 0 Å². The van der Waals surface area contributed by atoms with E-state index in [1.165, 1.54) is 0 Å². The van der Waals surface area contributed by atoms with Gasteiger partial charge < -0.3 is 25.4 Å². The molecule has 7 nitrogen and oxygen atoms in total. The molecule has 2 aromatic rings. The lowest BCUT2D eigenvalue weighted by molar-refractivity contribution is -0.128. The number of halogens is 1. The van der Waals surface area contributed by atoms with E-state index < -0.39 is 0 Å². The summed E-state index contributed by atoms with van der Waals surface area (Å²) in [6, 6.07) is 13.9. The Bertz CT molecular complexity index is 904. The molecule has 1 amide bonds. The molecule has 2 aromatic carbocycles. The van der Waals surface area contributed by atoms with Gasteiger partial charge in [0.15, 0.2) is 17.5 Å². The molecule has 3 N–H and O–H groups in total. The molecule has 0 saturated carbocycles. The van der Waals surface area contributed by atoms with Crippen molar-refractivity contribution in [2.24, 2.45) is 10.7 Å². The summed E-state index contributed by atoms with van der Waals surface area (Å²) in [6.45, 7) is 2.61. The number of nitrogens with zero attached hydrogens (tertiary/aromatic N) is 2. The molecular weight excluding hydrogens is 507 g/mol. The van der Waals surface area contributed by atoms with Crippen molar-refractivity contribution in [3.8, 4) is 11.5 Å². The third kappa shape index (κ3) is 7.02. The number of likely N-dealkylation sites (tertiary alicyclic amines) is 1. The molecule has 0 aromatic heterocycles. The maximum Gasteiger partial charge on any atom is 0.222 e. The Balaban J connectivity index is 0.00000341. The third-order valence-electron chi connectivity index (χ3n) is 5.24. The highest BCUT2D eigenvalue weighted by Crippen LogP contribution is 2.27. The van der Waals surface area contributed by atoms with E-state index in [0.29, 0.717) is 43.5 Å². The molecule has 1 fully saturated rings. The lowest BCUT2D eigenvalue weighted by Crippen LogP contribution is -2.33. The summed E-state index contributed by atoms with van der Waals surface area (Å²) < 4.78 is 10.6. The molecule has 1 aliphatic rings. The van der Waals surface area contributed by atoms with E-state index in [1.54, 1.807) is 14.2 Å². The van der Waals surface area contributed by atoms with Gasteiger partial charge in [-0.3, -0.25) is 4.79 Å². The van der Waals surface area contributed by atoms with Gasteiger partial charge in [-0.1, -0.05) is 30.3 Å². The minimum atomic E-state index is 0. The van der Waals surface area contributed by atoms with Gasteiger partial charge in [0.05, 0.1) is 20.8 Å². The predicted octanol–water partition coefficient (Wildman–Crippen LogP) is 3.09. The summed E-state index contributed by atoms with van der Waals surface area (Å²) in [5.74, 6) is 2.06. The van der Waals surface area contributed by atoms with Crippen molar-refractivity contribution in [1.29, 1.82) is 0 Å². The molecular formula is C23H31IN4O3. The number of rotatable bonds is 9. The first-order valence-corrected chi connectivity index (χ1v) is 10.2. The fraction of sp³-hybridized carbons (Fsp3) is 0.391. The molecule has 3 rings (SSSR count). The zero-order valence-electron chi connectivity index (χ0n) is 18.1. The van der Waals surface area contributed by atoms with Gasteiger partial charge in [0.2, 0.25) is 5.91 Å². The van der Waals surface area contributed by atoms with Gasteiger partial charge in [-0.25, -0.2) is 4.99 Å². The van der Waals surface area contributed by atoms with E-state index in [-0.39, 0.29) is 29.9 Å². The second kappa shape index (κ2) is 12.4. The van der Waals surface area contributed by atoms with Gasteiger partial charge in [0, 0.05) is 26.1 Å². The van der Waals surface area contributed by atoms with Crippen LogP contribution in [0.4, 0.5) is 0 Å². The molecule has 0 spiro atoms. The summed E-state index contributed by atoms with van der Waals surface area (Å²) in [5, 5.41) is 3.16. The molecule has 0 atom stereocenters. The van der Waals surface area contributed by atoms with Crippen molar-refractivity contribution in [1.82, 2.24) is 10.2 Å². The maximum absolute atomic E-state index is 11.9. The lowest BCUT2D eigenvalue weighted by Gasteiger charge is -2.17. The Morgan fingerprint density at radius 3 is 2.55 bits per heavy atom. The normalized spacial score (nSPS) is 13.7. The average Bonchev–Trinajstić information content (AvgIpc) is 3.17. The highest BCUT2D eigenvalue weighted by Gasteiger charge is 2.20. The number of carbonyl (C=O) groups excluding carboxylic acids is 1. The quantitative estimate of drug-likeness (QED) is 0.291. The number of nitrogens with one attached hydrogen (secondary N) is 1. The summed E-state index contributed by atoms with van der Waals surface area (Å²) in [5.41, 5.74) is 9.38. The van der Waals surface area contributed by atoms with Crippen molar-refractivity contribution in [3.63, 3.8) is 0 Å². The van der Waals surface area contributed by atoms with Crippen molar-refractivity contribution < 1.29 is 14.3 Å². The number of aliphatic imine (C=N–C) groups is 1. The van der Waals surface area contributed by atoms with E-state index in [4.69, 9.17) is 15.2 Å². The Morgan fingerprint density at radius 1 is 1.13 bits per heavy atom. The van der Waals surface area contributed by atoms with Crippen LogP contribution in [0.5, 0.6) is 11.5 Å². The van der Waals surface area contributed by atoms with Crippen LogP contribution in [-0.4, -0.2) is 44.1 Å². The number of nitrogens with two attached hydrogens (primary N) is 1. The number of methoxy groups -OCH3 is 2. The first-order valence-electron chi connectivity index (χ1n) is 10.2. The average molecular weight is 538 g/mol. The minimum Gasteiger partial charge on any atom is -0.493 e. The number of benzene rings is 2. The number of carbonyl (C=O) groups is 1. The van der Waals surface area contributed by atoms with Crippen molar-refractivity contribution >= 4 is 35.8 Å². The van der Waals surface area contributed by atoms with E-state index in [0.717, 1.165) is 36.1 Å². The molecule has 8 heteroatoms. The van der Waals surface area contributed by atoms with Crippen LogP contribution < -0.4 is 20.5 Å². The van der Waals surface area contributed by atoms with Gasteiger partial charge in [-0.15, -0.1) is 24.0 Å².